The van der Waals surface area contributed by atoms with Crippen LogP contribution in [0.5, 0.6) is 0 Å². The van der Waals surface area contributed by atoms with E-state index in [9.17, 15) is 4.39 Å². The summed E-state index contributed by atoms with van der Waals surface area (Å²) in [6.45, 7) is 0.687. The molecule has 0 radical (unpaired) electrons. The predicted octanol–water partition coefficient (Wildman–Crippen LogP) is 4.14. The summed E-state index contributed by atoms with van der Waals surface area (Å²) in [6, 6.07) is 9.68. The zero-order valence-corrected chi connectivity index (χ0v) is 11.9. The van der Waals surface area contributed by atoms with Gasteiger partial charge >= 0.3 is 0 Å². The van der Waals surface area contributed by atoms with Crippen molar-refractivity contribution in [3.8, 4) is 0 Å². The Hall–Kier alpha value is -2.10. The largest absolute Gasteiger partial charge is 0.341 e. The monoisotopic (exact) mass is 283 g/mol. The lowest BCUT2D eigenvalue weighted by atomic mass is 10.2. The average molecular weight is 283 g/mol. The van der Waals surface area contributed by atoms with Gasteiger partial charge < -0.3 is 4.57 Å². The van der Waals surface area contributed by atoms with E-state index in [2.05, 4.69) is 21.5 Å². The van der Waals surface area contributed by atoms with E-state index < -0.39 is 0 Å². The fourth-order valence-electron chi connectivity index (χ4n) is 3.33. The van der Waals surface area contributed by atoms with Crippen LogP contribution in [-0.4, -0.2) is 14.3 Å². The molecule has 0 amide bonds. The molecule has 0 aliphatic heterocycles. The molecule has 1 saturated carbocycles. The molecule has 0 unspecified atom stereocenters. The Balaban J connectivity index is 1.61. The third-order valence-electron chi connectivity index (χ3n) is 4.46. The van der Waals surface area contributed by atoms with Crippen LogP contribution < -0.4 is 0 Å². The van der Waals surface area contributed by atoms with Crippen molar-refractivity contribution in [3.63, 3.8) is 0 Å². The van der Waals surface area contributed by atoms with Gasteiger partial charge in [0.1, 0.15) is 5.82 Å². The van der Waals surface area contributed by atoms with E-state index in [-0.39, 0.29) is 5.82 Å². The average Bonchev–Trinajstić information content (AvgIpc) is 3.20. The van der Waals surface area contributed by atoms with Crippen molar-refractivity contribution in [2.24, 2.45) is 0 Å². The zero-order chi connectivity index (χ0) is 14.2. The number of hydrogen-bond acceptors (Lipinski definition) is 1. The standard InChI is InChI=1S/C17H18FN3/c18-16-6-3-7-17-15(16)9-10-20(17)12-13-8-11-21(19-13)14-4-1-2-5-14/h3,6-11,14H,1-2,4-5,12H2. The number of hydrogen-bond donors (Lipinski definition) is 0. The lowest BCUT2D eigenvalue weighted by molar-refractivity contribution is 0.462. The van der Waals surface area contributed by atoms with Gasteiger partial charge in [-0.25, -0.2) is 4.39 Å². The molecular formula is C17H18FN3. The van der Waals surface area contributed by atoms with Crippen LogP contribution >= 0.6 is 0 Å². The van der Waals surface area contributed by atoms with E-state index in [4.69, 9.17) is 5.10 Å². The summed E-state index contributed by atoms with van der Waals surface area (Å²) in [5, 5.41) is 5.37. The summed E-state index contributed by atoms with van der Waals surface area (Å²) in [7, 11) is 0. The minimum Gasteiger partial charge on any atom is -0.341 e. The maximum absolute atomic E-state index is 13.7. The molecule has 1 aliphatic carbocycles. The highest BCUT2D eigenvalue weighted by molar-refractivity contribution is 5.80. The second-order valence-electron chi connectivity index (χ2n) is 5.84. The number of aromatic nitrogens is 3. The first-order valence-electron chi connectivity index (χ1n) is 7.59. The quantitative estimate of drug-likeness (QED) is 0.708. The van der Waals surface area contributed by atoms with Gasteiger partial charge in [-0.15, -0.1) is 0 Å². The molecule has 1 aromatic carbocycles. The molecule has 2 aromatic heterocycles. The Kier molecular flexibility index (Phi) is 3.02. The lowest BCUT2D eigenvalue weighted by Gasteiger charge is -2.09. The maximum Gasteiger partial charge on any atom is 0.132 e. The van der Waals surface area contributed by atoms with Gasteiger partial charge in [-0.3, -0.25) is 4.68 Å². The summed E-state index contributed by atoms with van der Waals surface area (Å²) in [6.07, 6.45) is 9.10. The van der Waals surface area contributed by atoms with Gasteiger partial charge in [-0.05, 0) is 37.1 Å². The number of benzene rings is 1. The van der Waals surface area contributed by atoms with Crippen LogP contribution in [0, 0.1) is 5.82 Å². The van der Waals surface area contributed by atoms with Crippen molar-refractivity contribution in [3.05, 3.63) is 54.2 Å². The Morgan fingerprint density at radius 3 is 2.81 bits per heavy atom. The molecule has 0 N–H and O–H groups in total. The van der Waals surface area contributed by atoms with Gasteiger partial charge in [0.15, 0.2) is 0 Å². The van der Waals surface area contributed by atoms with Gasteiger partial charge in [-0.2, -0.15) is 5.10 Å². The van der Waals surface area contributed by atoms with E-state index in [1.54, 1.807) is 6.07 Å². The Labute approximate surface area is 123 Å². The highest BCUT2D eigenvalue weighted by Crippen LogP contribution is 2.29. The number of halogens is 1. The first kappa shape index (κ1) is 12.6. The highest BCUT2D eigenvalue weighted by atomic mass is 19.1. The molecule has 0 spiro atoms. The van der Waals surface area contributed by atoms with Gasteiger partial charge in [0, 0.05) is 17.8 Å². The summed E-state index contributed by atoms with van der Waals surface area (Å²) in [4.78, 5) is 0. The molecule has 21 heavy (non-hydrogen) atoms. The lowest BCUT2D eigenvalue weighted by Crippen LogP contribution is -2.06. The minimum absolute atomic E-state index is 0.164. The van der Waals surface area contributed by atoms with E-state index >= 15 is 0 Å². The third-order valence-corrected chi connectivity index (χ3v) is 4.46. The van der Waals surface area contributed by atoms with Crippen LogP contribution in [0.2, 0.25) is 0 Å². The smallest absolute Gasteiger partial charge is 0.132 e. The van der Waals surface area contributed by atoms with Crippen molar-refractivity contribution in [2.75, 3.05) is 0 Å². The molecule has 0 saturated heterocycles. The van der Waals surface area contributed by atoms with Gasteiger partial charge in [0.25, 0.3) is 0 Å². The van der Waals surface area contributed by atoms with Gasteiger partial charge in [-0.1, -0.05) is 18.9 Å². The SMILES string of the molecule is Fc1cccc2c1ccn2Cc1ccn(C2CCCC2)n1. The predicted molar refractivity (Wildman–Crippen MR) is 80.7 cm³/mol. The molecule has 3 nitrogen and oxygen atoms in total. The fraction of sp³-hybridized carbons (Fsp3) is 0.353. The molecule has 0 bridgehead atoms. The molecule has 1 aliphatic rings. The zero-order valence-electron chi connectivity index (χ0n) is 11.9. The fourth-order valence-corrected chi connectivity index (χ4v) is 3.33. The van der Waals surface area contributed by atoms with E-state index in [1.807, 2.05) is 18.3 Å². The number of fused-ring (bicyclic) bond motifs is 1. The number of rotatable bonds is 3. The summed E-state index contributed by atoms with van der Waals surface area (Å²) >= 11 is 0. The van der Waals surface area contributed by atoms with Crippen molar-refractivity contribution >= 4 is 10.9 Å². The molecule has 4 rings (SSSR count). The normalized spacial score (nSPS) is 16.0. The third kappa shape index (κ3) is 2.24. The maximum atomic E-state index is 13.7. The molecule has 3 aromatic rings. The second-order valence-corrected chi connectivity index (χ2v) is 5.84. The van der Waals surface area contributed by atoms with Crippen LogP contribution in [0.1, 0.15) is 37.4 Å². The van der Waals surface area contributed by atoms with E-state index in [0.717, 1.165) is 11.2 Å². The molecule has 108 valence electrons. The minimum atomic E-state index is -0.164. The van der Waals surface area contributed by atoms with Crippen molar-refractivity contribution in [2.45, 2.75) is 38.3 Å². The van der Waals surface area contributed by atoms with Gasteiger partial charge in [0.2, 0.25) is 0 Å². The number of nitrogens with zero attached hydrogens (tertiary/aromatic N) is 3. The first-order valence-corrected chi connectivity index (χ1v) is 7.59. The molecule has 2 heterocycles. The summed E-state index contributed by atoms with van der Waals surface area (Å²) in [5.41, 5.74) is 1.95. The van der Waals surface area contributed by atoms with Gasteiger partial charge in [0.05, 0.1) is 23.8 Å². The topological polar surface area (TPSA) is 22.8 Å². The van der Waals surface area contributed by atoms with E-state index in [0.29, 0.717) is 18.0 Å². The van der Waals surface area contributed by atoms with Crippen LogP contribution in [0.3, 0.4) is 0 Å². The molecule has 1 fully saturated rings. The highest BCUT2D eigenvalue weighted by Gasteiger charge is 2.17. The summed E-state index contributed by atoms with van der Waals surface area (Å²) in [5.74, 6) is -0.164. The Morgan fingerprint density at radius 1 is 1.10 bits per heavy atom. The van der Waals surface area contributed by atoms with Crippen LogP contribution in [0.4, 0.5) is 4.39 Å². The van der Waals surface area contributed by atoms with Crippen molar-refractivity contribution in [1.82, 2.24) is 14.3 Å². The molecule has 0 atom stereocenters. The molecule has 4 heteroatoms. The Morgan fingerprint density at radius 2 is 1.95 bits per heavy atom. The molecular weight excluding hydrogens is 265 g/mol. The van der Waals surface area contributed by atoms with Crippen LogP contribution in [0.25, 0.3) is 10.9 Å². The van der Waals surface area contributed by atoms with Crippen LogP contribution in [-0.2, 0) is 6.54 Å². The van der Waals surface area contributed by atoms with E-state index in [1.165, 1.54) is 31.7 Å². The van der Waals surface area contributed by atoms with Crippen molar-refractivity contribution < 1.29 is 4.39 Å². The Bertz CT molecular complexity index is 765. The van der Waals surface area contributed by atoms with Crippen molar-refractivity contribution in [1.29, 1.82) is 0 Å². The first-order chi connectivity index (χ1) is 10.3. The van der Waals surface area contributed by atoms with Crippen LogP contribution in [0.15, 0.2) is 42.7 Å². The second kappa shape index (κ2) is 5.02. The summed E-state index contributed by atoms with van der Waals surface area (Å²) < 4.78 is 17.9.